The zero-order valence-electron chi connectivity index (χ0n) is 13.6. The third-order valence-corrected chi connectivity index (χ3v) is 3.41. The predicted molar refractivity (Wildman–Crippen MR) is 84.7 cm³/mol. The Hall–Kier alpha value is -2.35. The highest BCUT2D eigenvalue weighted by molar-refractivity contribution is 5.54. The van der Waals surface area contributed by atoms with Gasteiger partial charge in [-0.2, -0.15) is 22.0 Å². The maximum Gasteiger partial charge on any atom is 0.458 e. The summed E-state index contributed by atoms with van der Waals surface area (Å²) in [4.78, 5) is 1.73. The van der Waals surface area contributed by atoms with Crippen molar-refractivity contribution in [2.45, 2.75) is 18.6 Å². The SMILES string of the molecule is CN(C)Cc1ccc(C([18F])([18F])C([18F])([18F])[18F])cc1Oc1ccccc1N. The fourth-order valence-corrected chi connectivity index (χ4v) is 2.17. The van der Waals surface area contributed by atoms with Crippen LogP contribution in [-0.4, -0.2) is 25.2 Å². The quantitative estimate of drug-likeness (QED) is 0.620. The van der Waals surface area contributed by atoms with Crippen molar-refractivity contribution < 1.29 is 26.7 Å². The molecule has 0 unspecified atom stereocenters. The van der Waals surface area contributed by atoms with Crippen molar-refractivity contribution in [1.29, 1.82) is 0 Å². The number of alkyl halides is 5. The predicted octanol–water partition coefficient (Wildman–Crippen LogP) is 4.78. The van der Waals surface area contributed by atoms with Gasteiger partial charge in [-0.25, -0.2) is 0 Å². The number of halogens is 5. The fourth-order valence-electron chi connectivity index (χ4n) is 2.17. The summed E-state index contributed by atoms with van der Waals surface area (Å²) in [5.74, 6) is -4.91. The van der Waals surface area contributed by atoms with E-state index in [0.717, 1.165) is 6.07 Å². The summed E-state index contributed by atoms with van der Waals surface area (Å²) < 4.78 is 70.7. The largest absolute Gasteiger partial charge is 0.458 e. The Morgan fingerprint density at radius 3 is 2.16 bits per heavy atom. The van der Waals surface area contributed by atoms with Crippen LogP contribution in [-0.2, 0) is 12.5 Å². The van der Waals surface area contributed by atoms with Crippen LogP contribution in [0.5, 0.6) is 11.5 Å². The van der Waals surface area contributed by atoms with E-state index in [1.54, 1.807) is 31.1 Å². The van der Waals surface area contributed by atoms with Crippen LogP contribution in [0.3, 0.4) is 0 Å². The molecule has 2 rings (SSSR count). The first-order chi connectivity index (χ1) is 11.5. The molecule has 0 spiro atoms. The van der Waals surface area contributed by atoms with Crippen LogP contribution in [0.25, 0.3) is 0 Å². The smallest absolute Gasteiger partial charge is 0.455 e. The van der Waals surface area contributed by atoms with E-state index in [2.05, 4.69) is 0 Å². The van der Waals surface area contributed by atoms with Crippen LogP contribution in [0.2, 0.25) is 0 Å². The van der Waals surface area contributed by atoms with Gasteiger partial charge in [0.15, 0.2) is 0 Å². The third-order valence-electron chi connectivity index (χ3n) is 3.41. The second-order valence-corrected chi connectivity index (χ2v) is 5.77. The summed E-state index contributed by atoms with van der Waals surface area (Å²) in [7, 11) is 3.47. The highest BCUT2D eigenvalue weighted by Gasteiger charge is 2.58. The van der Waals surface area contributed by atoms with Crippen molar-refractivity contribution in [1.82, 2.24) is 4.90 Å². The van der Waals surface area contributed by atoms with E-state index in [9.17, 15) is 22.0 Å². The zero-order valence-corrected chi connectivity index (χ0v) is 13.6. The number of nitrogens with two attached hydrogens (primary N) is 1. The Morgan fingerprint density at radius 1 is 0.960 bits per heavy atom. The molecule has 0 aliphatic heterocycles. The van der Waals surface area contributed by atoms with Gasteiger partial charge in [-0.3, -0.25) is 0 Å². The molecule has 136 valence electrons. The van der Waals surface area contributed by atoms with Crippen LogP contribution in [0.4, 0.5) is 27.6 Å². The molecule has 0 aliphatic rings. The molecule has 25 heavy (non-hydrogen) atoms. The first kappa shape index (κ1) is 19.0. The van der Waals surface area contributed by atoms with Gasteiger partial charge in [0.2, 0.25) is 0 Å². The van der Waals surface area contributed by atoms with Crippen LogP contribution >= 0.6 is 0 Å². The van der Waals surface area contributed by atoms with E-state index in [1.165, 1.54) is 18.2 Å². The Labute approximate surface area is 141 Å². The molecule has 0 aliphatic carbocycles. The Kier molecular flexibility index (Phi) is 5.22. The van der Waals surface area contributed by atoms with Gasteiger partial charge in [-0.1, -0.05) is 24.3 Å². The Bertz CT molecular complexity index is 744. The number of nitrogens with zero attached hydrogens (tertiary/aromatic N) is 1. The molecule has 0 saturated carbocycles. The molecule has 2 N–H and O–H groups in total. The lowest BCUT2D eigenvalue weighted by Crippen LogP contribution is -2.33. The van der Waals surface area contributed by atoms with Gasteiger partial charge in [-0.05, 0) is 32.3 Å². The number of nitrogen functional groups attached to an aromatic ring is 1. The molecule has 0 saturated heterocycles. The number of para-hydroxylation sites is 2. The van der Waals surface area contributed by atoms with Crippen molar-refractivity contribution in [3.8, 4) is 11.5 Å². The summed E-state index contributed by atoms with van der Waals surface area (Å²) in [5.41, 5.74) is 5.26. The molecule has 0 atom stereocenters. The number of rotatable bonds is 5. The molecular formula is C17H17F5N2O. The van der Waals surface area contributed by atoms with E-state index < -0.39 is 17.7 Å². The van der Waals surface area contributed by atoms with Gasteiger partial charge < -0.3 is 15.4 Å². The topological polar surface area (TPSA) is 38.5 Å². The standard InChI is InChI=1S/C17H17F5N2O/c1-24(2)10-11-7-8-12(16(18,19)17(20,21)22)9-15(11)25-14-6-4-3-5-13(14)23/h3-9H,10,23H2,1-2H3/i18-1,19-1,20-1,21-1,22-1. The Morgan fingerprint density at radius 2 is 1.60 bits per heavy atom. The van der Waals surface area contributed by atoms with E-state index in [0.29, 0.717) is 18.2 Å². The number of benzene rings is 2. The van der Waals surface area contributed by atoms with Gasteiger partial charge in [0.1, 0.15) is 11.5 Å². The number of hydrogen-bond donors (Lipinski definition) is 1. The first-order valence-electron chi connectivity index (χ1n) is 7.27. The van der Waals surface area contributed by atoms with Crippen LogP contribution in [0, 0.1) is 0 Å². The van der Waals surface area contributed by atoms with Crippen molar-refractivity contribution in [3.05, 3.63) is 53.6 Å². The average molecular weight is 355 g/mol. The van der Waals surface area contributed by atoms with Crippen molar-refractivity contribution in [3.63, 3.8) is 0 Å². The van der Waals surface area contributed by atoms with Gasteiger partial charge in [0.25, 0.3) is 0 Å². The molecule has 3 nitrogen and oxygen atoms in total. The molecule has 0 aromatic heterocycles. The summed E-state index contributed by atoms with van der Waals surface area (Å²) in [5, 5.41) is 0. The van der Waals surface area contributed by atoms with Crippen molar-refractivity contribution >= 4 is 5.69 Å². The summed E-state index contributed by atoms with van der Waals surface area (Å²) >= 11 is 0. The molecule has 0 radical (unpaired) electrons. The van der Waals surface area contributed by atoms with Crippen LogP contribution < -0.4 is 10.5 Å². The average Bonchev–Trinajstić information content (AvgIpc) is 2.49. The number of anilines is 1. The lowest BCUT2D eigenvalue weighted by atomic mass is 10.0. The van der Waals surface area contributed by atoms with Gasteiger partial charge in [0.05, 0.1) is 5.69 Å². The minimum Gasteiger partial charge on any atom is -0.455 e. The summed E-state index contributed by atoms with van der Waals surface area (Å²) in [6.07, 6.45) is -5.70. The van der Waals surface area contributed by atoms with Gasteiger partial charge in [0, 0.05) is 17.7 Å². The first-order valence-corrected chi connectivity index (χ1v) is 7.27. The van der Waals surface area contributed by atoms with E-state index in [4.69, 9.17) is 10.5 Å². The monoisotopic (exact) mass is 355 g/mol. The third kappa shape index (κ3) is 4.19. The number of ether oxygens (including phenoxy) is 1. The minimum atomic E-state index is -5.70. The second kappa shape index (κ2) is 6.87. The second-order valence-electron chi connectivity index (χ2n) is 5.77. The lowest BCUT2D eigenvalue weighted by molar-refractivity contribution is -0.289. The van der Waals surface area contributed by atoms with Crippen molar-refractivity contribution in [2.75, 3.05) is 19.8 Å². The van der Waals surface area contributed by atoms with E-state index >= 15 is 0 Å². The zero-order chi connectivity index (χ0) is 18.8. The van der Waals surface area contributed by atoms with Gasteiger partial charge >= 0.3 is 12.1 Å². The normalized spacial score (nSPS) is 12.5. The molecule has 0 heterocycles. The highest BCUT2D eigenvalue weighted by atomic mass is 18.5. The fraction of sp³-hybridized carbons (Fsp3) is 0.294. The summed E-state index contributed by atoms with van der Waals surface area (Å²) in [6.45, 7) is 0.292. The molecular weight excluding hydrogens is 338 g/mol. The molecule has 0 fully saturated rings. The maximum atomic E-state index is 13.6. The van der Waals surface area contributed by atoms with E-state index in [1.807, 2.05) is 0 Å². The van der Waals surface area contributed by atoms with Gasteiger partial charge in [-0.15, -0.1) is 0 Å². The molecule has 0 bridgehead atoms. The highest BCUT2D eigenvalue weighted by Crippen LogP contribution is 2.45. The van der Waals surface area contributed by atoms with E-state index in [-0.39, 0.29) is 17.2 Å². The number of hydrogen-bond acceptors (Lipinski definition) is 3. The van der Waals surface area contributed by atoms with Crippen LogP contribution in [0.1, 0.15) is 11.1 Å². The lowest BCUT2D eigenvalue weighted by Gasteiger charge is -2.22. The summed E-state index contributed by atoms with van der Waals surface area (Å²) in [6, 6.07) is 8.97. The molecule has 8 heteroatoms. The van der Waals surface area contributed by atoms with Crippen LogP contribution in [0.15, 0.2) is 42.5 Å². The maximum absolute atomic E-state index is 13.6. The minimum absolute atomic E-state index is 0.104. The van der Waals surface area contributed by atoms with Crippen molar-refractivity contribution in [2.24, 2.45) is 0 Å². The Balaban J connectivity index is 2.50. The molecule has 2 aromatic rings. The molecule has 2 aromatic carbocycles. The molecule has 0 amide bonds.